The van der Waals surface area contributed by atoms with E-state index in [-0.39, 0.29) is 11.0 Å². The van der Waals surface area contributed by atoms with E-state index in [0.717, 1.165) is 0 Å². The Morgan fingerprint density at radius 2 is 0.333 bits per heavy atom. The summed E-state index contributed by atoms with van der Waals surface area (Å²) in [6.07, 6.45) is 0. The molecule has 1 aliphatic rings. The molecule has 1 saturated heterocycles. The molecule has 0 amide bonds. The standard InChI is InChI=1S/2H2O.S10/c;;1-2-4-6-8-10-9-7-5-3-1/h2*1H2;. The van der Waals surface area contributed by atoms with E-state index in [0.29, 0.717) is 0 Å². The quantitative estimate of drug-likeness (QED) is 0.563. The average molecular weight is 357 g/mol. The maximum absolute atomic E-state index is 1.83. The molecule has 0 aromatic rings. The Balaban J connectivity index is 0. The lowest BCUT2D eigenvalue weighted by Crippen LogP contribution is -1.35. The molecule has 1 aliphatic heterocycles. The van der Waals surface area contributed by atoms with Crippen LogP contribution in [0.3, 0.4) is 0 Å². The zero-order valence-electron chi connectivity index (χ0n) is 5.08. The molecule has 4 N–H and O–H groups in total. The Hall–Kier alpha value is 3.42. The summed E-state index contributed by atoms with van der Waals surface area (Å²) in [5.41, 5.74) is 0. The summed E-state index contributed by atoms with van der Waals surface area (Å²) in [5, 5.41) is 0. The SMILES string of the molecule is O.O.S1SSSSSSSSS1. The Labute approximate surface area is 108 Å². The summed E-state index contributed by atoms with van der Waals surface area (Å²) in [5.74, 6) is 0. The smallest absolute Gasteiger partial charge is 0 e. The molecule has 1 fully saturated rings. The van der Waals surface area contributed by atoms with Gasteiger partial charge in [-0.3, -0.25) is 0 Å². The topological polar surface area (TPSA) is 63.0 Å². The fraction of sp³-hybridized carbons (Fsp3) is 0. The maximum Gasteiger partial charge on any atom is 0 e. The van der Waals surface area contributed by atoms with Crippen molar-refractivity contribution in [3.05, 3.63) is 0 Å². The predicted molar refractivity (Wildman–Crippen MR) is 83.1 cm³/mol. The van der Waals surface area contributed by atoms with Crippen LogP contribution in [0.2, 0.25) is 0 Å². The minimum atomic E-state index is 0. The van der Waals surface area contributed by atoms with Gasteiger partial charge in [0.25, 0.3) is 0 Å². The molecule has 12 heteroatoms. The monoisotopic (exact) mass is 356 g/mol. The van der Waals surface area contributed by atoms with E-state index in [4.69, 9.17) is 0 Å². The van der Waals surface area contributed by atoms with Gasteiger partial charge in [0.1, 0.15) is 0 Å². The van der Waals surface area contributed by atoms with Crippen molar-refractivity contribution in [2.75, 3.05) is 0 Å². The van der Waals surface area contributed by atoms with Gasteiger partial charge in [0.05, 0.1) is 0 Å². The Kier molecular flexibility index (Phi) is 21.4. The van der Waals surface area contributed by atoms with Crippen molar-refractivity contribution >= 4 is 98.3 Å². The van der Waals surface area contributed by atoms with Gasteiger partial charge in [-0.15, -0.1) is 0 Å². The third kappa shape index (κ3) is 11.5. The second-order valence-corrected chi connectivity index (χ2v) is 18.4. The summed E-state index contributed by atoms with van der Waals surface area (Å²) in [6, 6.07) is 0. The third-order valence-corrected chi connectivity index (χ3v) is 22.5. The summed E-state index contributed by atoms with van der Waals surface area (Å²) in [7, 11) is 18.3. The minimum absolute atomic E-state index is 0. The van der Waals surface area contributed by atoms with Crippen LogP contribution in [0.25, 0.3) is 0 Å². The van der Waals surface area contributed by atoms with Gasteiger partial charge in [-0.1, -0.05) is 0 Å². The van der Waals surface area contributed by atoms with Crippen LogP contribution in [0.5, 0.6) is 0 Å². The molecule has 0 bridgehead atoms. The van der Waals surface area contributed by atoms with Crippen LogP contribution < -0.4 is 0 Å². The lowest BCUT2D eigenvalue weighted by molar-refractivity contribution is 0.823. The molecule has 0 aromatic carbocycles. The van der Waals surface area contributed by atoms with E-state index in [1.54, 1.807) is 0 Å². The van der Waals surface area contributed by atoms with Crippen molar-refractivity contribution in [3.8, 4) is 0 Å². The second kappa shape index (κ2) is 14.4. The molecular weight excluding hydrogens is 353 g/mol. The Bertz CT molecular complexity index is 41.0. The third-order valence-electron chi connectivity index (χ3n) is 0.278. The van der Waals surface area contributed by atoms with Crippen LogP contribution in [0.4, 0.5) is 0 Å². The van der Waals surface area contributed by atoms with Gasteiger partial charge in [0, 0.05) is 98.3 Å². The molecule has 12 heavy (non-hydrogen) atoms. The molecule has 0 atom stereocenters. The number of hydrogen-bond acceptors (Lipinski definition) is 10. The first-order valence-corrected chi connectivity index (χ1v) is 15.0. The largest absolute Gasteiger partial charge is 0.412 e. The van der Waals surface area contributed by atoms with Gasteiger partial charge in [-0.2, -0.15) is 0 Å². The molecule has 0 aliphatic carbocycles. The fourth-order valence-electron chi connectivity index (χ4n) is 0.113. The first kappa shape index (κ1) is 17.8. The lowest BCUT2D eigenvalue weighted by atomic mass is 16.0. The van der Waals surface area contributed by atoms with Crippen LogP contribution in [-0.4, -0.2) is 11.0 Å². The zero-order chi connectivity index (χ0) is 7.07. The minimum Gasteiger partial charge on any atom is -0.412 e. The van der Waals surface area contributed by atoms with E-state index in [1.165, 1.54) is 0 Å². The number of hydrogen-bond donors (Lipinski definition) is 0. The highest BCUT2D eigenvalue weighted by Gasteiger charge is 2.01. The van der Waals surface area contributed by atoms with Crippen LogP contribution in [0.1, 0.15) is 0 Å². The van der Waals surface area contributed by atoms with Crippen molar-refractivity contribution < 1.29 is 11.0 Å². The van der Waals surface area contributed by atoms with E-state index in [1.807, 2.05) is 98.3 Å². The summed E-state index contributed by atoms with van der Waals surface area (Å²) in [4.78, 5) is 0. The van der Waals surface area contributed by atoms with E-state index in [2.05, 4.69) is 0 Å². The average Bonchev–Trinajstić information content (AvgIpc) is 2.01. The van der Waals surface area contributed by atoms with Gasteiger partial charge in [-0.05, 0) is 0 Å². The summed E-state index contributed by atoms with van der Waals surface area (Å²) >= 11 is 0. The molecule has 0 saturated carbocycles. The van der Waals surface area contributed by atoms with Crippen molar-refractivity contribution in [1.29, 1.82) is 0 Å². The Morgan fingerprint density at radius 1 is 0.250 bits per heavy atom. The van der Waals surface area contributed by atoms with Gasteiger partial charge in [-0.25, -0.2) is 0 Å². The van der Waals surface area contributed by atoms with Crippen molar-refractivity contribution in [3.63, 3.8) is 0 Å². The normalized spacial score (nSPS) is 20.0. The molecule has 2 nitrogen and oxygen atoms in total. The Morgan fingerprint density at radius 3 is 0.417 bits per heavy atom. The fourth-order valence-corrected chi connectivity index (χ4v) is 27.6. The molecule has 76 valence electrons. The second-order valence-electron chi connectivity index (χ2n) is 0.680. The molecule has 0 radical (unpaired) electrons. The van der Waals surface area contributed by atoms with Crippen LogP contribution >= 0.6 is 98.3 Å². The zero-order valence-corrected chi connectivity index (χ0v) is 13.2. The van der Waals surface area contributed by atoms with Crippen molar-refractivity contribution in [2.45, 2.75) is 0 Å². The molecule has 0 aromatic heterocycles. The van der Waals surface area contributed by atoms with Gasteiger partial charge in [0.2, 0.25) is 0 Å². The highest BCUT2D eigenvalue weighted by molar-refractivity contribution is 9.60. The first-order chi connectivity index (χ1) is 5.00. The predicted octanol–water partition coefficient (Wildman–Crippen LogP) is 4.83. The number of rotatable bonds is 0. The molecule has 1 rings (SSSR count). The molecule has 1 heterocycles. The van der Waals surface area contributed by atoms with Crippen LogP contribution in [0, 0.1) is 0 Å². The maximum atomic E-state index is 1.83. The van der Waals surface area contributed by atoms with E-state index >= 15 is 0 Å². The van der Waals surface area contributed by atoms with E-state index < -0.39 is 0 Å². The van der Waals surface area contributed by atoms with Crippen molar-refractivity contribution in [1.82, 2.24) is 0 Å². The lowest BCUT2D eigenvalue weighted by Gasteiger charge is -2.00. The summed E-state index contributed by atoms with van der Waals surface area (Å²) < 4.78 is 0. The van der Waals surface area contributed by atoms with Gasteiger partial charge < -0.3 is 11.0 Å². The molecule has 0 spiro atoms. The highest BCUT2D eigenvalue weighted by atomic mass is 34.1. The van der Waals surface area contributed by atoms with Crippen LogP contribution in [0.15, 0.2) is 0 Å². The first-order valence-electron chi connectivity index (χ1n) is 1.67. The molecular formula is H4O2S10. The van der Waals surface area contributed by atoms with Crippen LogP contribution in [-0.2, 0) is 0 Å². The van der Waals surface area contributed by atoms with Crippen molar-refractivity contribution in [2.24, 2.45) is 0 Å². The van der Waals surface area contributed by atoms with E-state index in [9.17, 15) is 0 Å². The van der Waals surface area contributed by atoms with Gasteiger partial charge >= 0.3 is 0 Å². The highest BCUT2D eigenvalue weighted by Crippen LogP contribution is 2.66. The van der Waals surface area contributed by atoms with Gasteiger partial charge in [0.15, 0.2) is 0 Å². The summed E-state index contributed by atoms with van der Waals surface area (Å²) in [6.45, 7) is 0. The molecule has 0 unspecified atom stereocenters.